The van der Waals surface area contributed by atoms with E-state index in [1.807, 2.05) is 5.40 Å². The van der Waals surface area contributed by atoms with Gasteiger partial charge in [0.25, 0.3) is 0 Å². The van der Waals surface area contributed by atoms with Crippen LogP contribution in [0.25, 0.3) is 0 Å². The van der Waals surface area contributed by atoms with Gasteiger partial charge in [-0.3, -0.25) is 0 Å². The molecule has 0 bridgehead atoms. The van der Waals surface area contributed by atoms with E-state index >= 15 is 0 Å². The molecule has 0 rings (SSSR count). The van der Waals surface area contributed by atoms with E-state index in [9.17, 15) is 0 Å². The third kappa shape index (κ3) is 8.50. The molecule has 6 heteroatoms. The van der Waals surface area contributed by atoms with Gasteiger partial charge in [0.15, 0.2) is 5.08 Å². The van der Waals surface area contributed by atoms with Crippen LogP contribution in [-0.4, -0.2) is 40.0 Å². The molecular formula is C6H12ClNO2S2. The first-order valence-electron chi connectivity index (χ1n) is 3.21. The van der Waals surface area contributed by atoms with Gasteiger partial charge in [-0.25, -0.2) is 0 Å². The Morgan fingerprint density at radius 1 is 1.25 bits per heavy atom. The topological polar surface area (TPSA) is 64.2 Å². The van der Waals surface area contributed by atoms with Crippen molar-refractivity contribution in [1.82, 2.24) is 0 Å². The molecule has 0 heterocycles. The maximum absolute atomic E-state index is 8.60. The standard InChI is InChI=1S/C6H12NO2S2.ClH/c7-5-10-6-11(3-1-8)4-2-9;/h8-9H,1-4,6H2;1H/q+1;/p-1. The highest BCUT2D eigenvalue weighted by molar-refractivity contribution is 8.16. The summed E-state index contributed by atoms with van der Waals surface area (Å²) in [5, 5.41) is 28.1. The number of halogens is 1. The lowest BCUT2D eigenvalue weighted by Gasteiger charge is -2.01. The Kier molecular flexibility index (Phi) is 14.2. The molecule has 0 amide bonds. The van der Waals surface area contributed by atoms with Crippen LogP contribution in [-0.2, 0) is 10.9 Å². The van der Waals surface area contributed by atoms with Crippen LogP contribution in [0.3, 0.4) is 0 Å². The van der Waals surface area contributed by atoms with Gasteiger partial charge in [-0.05, 0) is 0 Å². The van der Waals surface area contributed by atoms with Crippen molar-refractivity contribution < 1.29 is 22.6 Å². The van der Waals surface area contributed by atoms with Crippen LogP contribution >= 0.6 is 11.8 Å². The molecule has 0 spiro atoms. The highest BCUT2D eigenvalue weighted by Gasteiger charge is 2.15. The molecule has 72 valence electrons. The van der Waals surface area contributed by atoms with E-state index in [1.165, 1.54) is 11.8 Å². The van der Waals surface area contributed by atoms with Gasteiger partial charge in [0.2, 0.25) is 0 Å². The molecule has 0 saturated heterocycles. The number of nitrogens with zero attached hydrogens (tertiary/aromatic N) is 1. The van der Waals surface area contributed by atoms with Crippen molar-refractivity contribution in [3.63, 3.8) is 0 Å². The molecular weight excluding hydrogens is 218 g/mol. The number of thioether (sulfide) groups is 1. The molecule has 0 atom stereocenters. The number of rotatable bonds is 6. The van der Waals surface area contributed by atoms with Crippen LogP contribution in [0, 0.1) is 10.7 Å². The van der Waals surface area contributed by atoms with Gasteiger partial charge in [0.1, 0.15) is 16.9 Å². The van der Waals surface area contributed by atoms with E-state index in [0.29, 0.717) is 11.5 Å². The molecule has 0 aromatic carbocycles. The predicted octanol–water partition coefficient (Wildman–Crippen LogP) is -3.23. The number of aliphatic hydroxyl groups excluding tert-OH is 2. The molecule has 0 aromatic rings. The van der Waals surface area contributed by atoms with Crippen LogP contribution < -0.4 is 12.4 Å². The summed E-state index contributed by atoms with van der Waals surface area (Å²) in [6.07, 6.45) is 0. The second-order valence-electron chi connectivity index (χ2n) is 1.82. The summed E-state index contributed by atoms with van der Waals surface area (Å²) in [7, 11) is 0.0161. The largest absolute Gasteiger partial charge is 1.00 e. The summed E-state index contributed by atoms with van der Waals surface area (Å²) < 4.78 is 0. The smallest absolute Gasteiger partial charge is 0.167 e. The van der Waals surface area contributed by atoms with Crippen molar-refractivity contribution in [2.45, 2.75) is 0 Å². The predicted molar refractivity (Wildman–Crippen MR) is 49.3 cm³/mol. The number of aliphatic hydroxyl groups is 2. The van der Waals surface area contributed by atoms with Gasteiger partial charge >= 0.3 is 0 Å². The highest BCUT2D eigenvalue weighted by Crippen LogP contribution is 2.06. The summed E-state index contributed by atoms with van der Waals surface area (Å²) in [5.74, 6) is 1.41. The van der Waals surface area contributed by atoms with Crippen molar-refractivity contribution in [3.8, 4) is 5.40 Å². The monoisotopic (exact) mass is 229 g/mol. The molecule has 0 aliphatic heterocycles. The van der Waals surface area contributed by atoms with Crippen LogP contribution in [0.4, 0.5) is 0 Å². The van der Waals surface area contributed by atoms with Crippen LogP contribution in [0.2, 0.25) is 0 Å². The fourth-order valence-corrected chi connectivity index (χ4v) is 3.13. The van der Waals surface area contributed by atoms with Crippen molar-refractivity contribution in [3.05, 3.63) is 0 Å². The Balaban J connectivity index is 0. The Labute approximate surface area is 85.9 Å². The average molecular weight is 230 g/mol. The maximum atomic E-state index is 8.60. The summed E-state index contributed by atoms with van der Waals surface area (Å²) in [5.41, 5.74) is 0. The molecule has 0 aliphatic rings. The zero-order chi connectivity index (χ0) is 8.53. The molecule has 12 heavy (non-hydrogen) atoms. The van der Waals surface area contributed by atoms with Gasteiger partial charge in [0, 0.05) is 22.7 Å². The molecule has 3 nitrogen and oxygen atoms in total. The van der Waals surface area contributed by atoms with E-state index in [0.717, 1.165) is 5.08 Å². The van der Waals surface area contributed by atoms with Gasteiger partial charge in [0.05, 0.1) is 13.2 Å². The van der Waals surface area contributed by atoms with Gasteiger partial charge in [-0.1, -0.05) is 0 Å². The maximum Gasteiger partial charge on any atom is 0.167 e. The Hall–Kier alpha value is 0.400. The number of hydrogen-bond donors (Lipinski definition) is 2. The van der Waals surface area contributed by atoms with Crippen LogP contribution in [0.5, 0.6) is 0 Å². The molecule has 0 radical (unpaired) electrons. The van der Waals surface area contributed by atoms with E-state index in [2.05, 4.69) is 0 Å². The quantitative estimate of drug-likeness (QED) is 0.371. The molecule has 2 N–H and O–H groups in total. The Morgan fingerprint density at radius 2 is 1.75 bits per heavy atom. The first-order valence-corrected chi connectivity index (χ1v) is 5.93. The van der Waals surface area contributed by atoms with Gasteiger partial charge in [-0.15, -0.1) is 0 Å². The lowest BCUT2D eigenvalue weighted by molar-refractivity contribution is -0.00000482. The second kappa shape index (κ2) is 11.4. The number of hydrogen-bond acceptors (Lipinski definition) is 4. The molecule has 0 saturated carbocycles. The lowest BCUT2D eigenvalue weighted by Crippen LogP contribution is -3.00. The van der Waals surface area contributed by atoms with Crippen LogP contribution in [0.1, 0.15) is 0 Å². The summed E-state index contributed by atoms with van der Waals surface area (Å²) in [4.78, 5) is 0. The zero-order valence-electron chi connectivity index (χ0n) is 6.57. The number of nitriles is 1. The molecule has 0 aromatic heterocycles. The average Bonchev–Trinajstić information content (AvgIpc) is 2.01. The third-order valence-corrected chi connectivity index (χ3v) is 4.50. The lowest BCUT2D eigenvalue weighted by atomic mass is 10.9. The zero-order valence-corrected chi connectivity index (χ0v) is 8.96. The van der Waals surface area contributed by atoms with E-state index in [4.69, 9.17) is 15.5 Å². The Bertz CT molecular complexity index is 125. The van der Waals surface area contributed by atoms with Crippen LogP contribution in [0.15, 0.2) is 0 Å². The molecule has 0 fully saturated rings. The minimum Gasteiger partial charge on any atom is -1.00 e. The summed E-state index contributed by atoms with van der Waals surface area (Å²) in [6.45, 7) is 0.296. The number of thiocyanates is 1. The first-order chi connectivity index (χ1) is 5.35. The fourth-order valence-electron chi connectivity index (χ4n) is 0.588. The SMILES string of the molecule is N#CSC[S+](CCO)CCO.[Cl-]. The van der Waals surface area contributed by atoms with Crippen molar-refractivity contribution in [1.29, 1.82) is 5.26 Å². The van der Waals surface area contributed by atoms with E-state index in [1.54, 1.807) is 0 Å². The Morgan fingerprint density at radius 3 is 2.08 bits per heavy atom. The molecule has 0 unspecified atom stereocenters. The van der Waals surface area contributed by atoms with Crippen molar-refractivity contribution in [2.75, 3.05) is 29.8 Å². The minimum atomic E-state index is 0. The normalized spacial score (nSPS) is 9.17. The minimum absolute atomic E-state index is 0. The van der Waals surface area contributed by atoms with Gasteiger partial charge < -0.3 is 22.6 Å². The van der Waals surface area contributed by atoms with Gasteiger partial charge in [-0.2, -0.15) is 5.26 Å². The first kappa shape index (κ1) is 14.9. The summed E-state index contributed by atoms with van der Waals surface area (Å²) in [6, 6.07) is 0. The van der Waals surface area contributed by atoms with Crippen molar-refractivity contribution >= 4 is 22.7 Å². The van der Waals surface area contributed by atoms with E-state index in [-0.39, 0.29) is 36.5 Å². The van der Waals surface area contributed by atoms with E-state index < -0.39 is 0 Å². The van der Waals surface area contributed by atoms with Crippen molar-refractivity contribution in [2.24, 2.45) is 0 Å². The second-order valence-corrected chi connectivity index (χ2v) is 5.28. The molecule has 0 aliphatic carbocycles. The highest BCUT2D eigenvalue weighted by atomic mass is 35.5. The summed E-state index contributed by atoms with van der Waals surface area (Å²) >= 11 is 1.19. The third-order valence-electron chi connectivity index (χ3n) is 1.05. The fraction of sp³-hybridized carbons (Fsp3) is 0.833.